The van der Waals surface area contributed by atoms with Crippen LogP contribution in [0.5, 0.6) is 0 Å². The van der Waals surface area contributed by atoms with Crippen molar-refractivity contribution in [3.63, 3.8) is 0 Å². The maximum Gasteiger partial charge on any atom is 0.156 e. The average molecular weight is 304 g/mol. The van der Waals surface area contributed by atoms with Crippen LogP contribution < -0.4 is 10.6 Å². The van der Waals surface area contributed by atoms with Gasteiger partial charge in [-0.05, 0) is 19.1 Å². The lowest BCUT2D eigenvalue weighted by atomic mass is 10.1. The highest BCUT2D eigenvalue weighted by Gasteiger charge is 2.19. The van der Waals surface area contributed by atoms with Crippen LogP contribution in [0.25, 0.3) is 11.3 Å². The molecular weight excluding hydrogens is 287 g/mol. The molecule has 1 aliphatic rings. The van der Waals surface area contributed by atoms with E-state index < -0.39 is 0 Å². The van der Waals surface area contributed by atoms with Gasteiger partial charge in [-0.15, -0.1) is 0 Å². The number of nitrogens with zero attached hydrogens (tertiary/aromatic N) is 3. The van der Waals surface area contributed by atoms with Crippen molar-refractivity contribution in [2.24, 2.45) is 0 Å². The summed E-state index contributed by atoms with van der Waals surface area (Å²) in [6.45, 7) is 3.69. The van der Waals surface area contributed by atoms with Gasteiger partial charge in [0.2, 0.25) is 0 Å². The first kappa shape index (κ1) is 14.1. The lowest BCUT2D eigenvalue weighted by molar-refractivity contribution is 0.628. The van der Waals surface area contributed by atoms with Crippen LogP contribution >= 0.6 is 11.8 Å². The lowest BCUT2D eigenvalue weighted by Crippen LogP contribution is -2.34. The monoisotopic (exact) mass is 304 g/mol. The van der Waals surface area contributed by atoms with Crippen LogP contribution in [-0.2, 0) is 0 Å². The van der Waals surface area contributed by atoms with Gasteiger partial charge in [0, 0.05) is 30.2 Å². The molecule has 0 unspecified atom stereocenters. The predicted molar refractivity (Wildman–Crippen MR) is 86.1 cm³/mol. The fourth-order valence-corrected chi connectivity index (χ4v) is 3.34. The van der Waals surface area contributed by atoms with Crippen LogP contribution in [0.15, 0.2) is 24.3 Å². The third-order valence-corrected chi connectivity index (χ3v) is 4.39. The Bertz CT molecular complexity index is 656. The van der Waals surface area contributed by atoms with E-state index in [0.29, 0.717) is 22.8 Å². The van der Waals surface area contributed by atoms with E-state index in [1.54, 1.807) is 6.07 Å². The highest BCUT2D eigenvalue weighted by Crippen LogP contribution is 2.32. The van der Waals surface area contributed by atoms with E-state index in [1.165, 1.54) is 12.1 Å². The maximum atomic E-state index is 13.4. The van der Waals surface area contributed by atoms with Crippen molar-refractivity contribution in [3.05, 3.63) is 35.9 Å². The van der Waals surface area contributed by atoms with Crippen LogP contribution in [-0.4, -0.2) is 34.6 Å². The fourth-order valence-electron chi connectivity index (χ4n) is 2.44. The normalized spacial score (nSPS) is 15.2. The Morgan fingerprint density at radius 2 is 2.00 bits per heavy atom. The Morgan fingerprint density at radius 1 is 1.24 bits per heavy atom. The van der Waals surface area contributed by atoms with Crippen LogP contribution in [0.4, 0.5) is 15.9 Å². The molecule has 0 atom stereocenters. The molecule has 1 aromatic carbocycles. The number of anilines is 2. The molecule has 0 spiro atoms. The number of nitrogens with two attached hydrogens (primary N) is 1. The molecule has 4 nitrogen and oxygen atoms in total. The Balaban J connectivity index is 2.07. The van der Waals surface area contributed by atoms with E-state index in [4.69, 9.17) is 5.73 Å². The second-order valence-electron chi connectivity index (χ2n) is 4.97. The molecule has 2 N–H and O–H groups in total. The zero-order chi connectivity index (χ0) is 14.8. The summed E-state index contributed by atoms with van der Waals surface area (Å²) in [7, 11) is 0. The van der Waals surface area contributed by atoms with Gasteiger partial charge in [0.15, 0.2) is 5.82 Å². The SMILES string of the molecule is Cc1nc(-c2cccc(F)c2)c(N)c(N2CCSCC2)n1. The van der Waals surface area contributed by atoms with Gasteiger partial charge in [-0.3, -0.25) is 0 Å². The molecule has 2 heterocycles. The van der Waals surface area contributed by atoms with Gasteiger partial charge in [-0.25, -0.2) is 14.4 Å². The summed E-state index contributed by atoms with van der Waals surface area (Å²) < 4.78 is 13.4. The molecule has 1 aromatic heterocycles. The summed E-state index contributed by atoms with van der Waals surface area (Å²) in [4.78, 5) is 11.1. The topological polar surface area (TPSA) is 55.0 Å². The molecule has 1 fully saturated rings. The number of thioether (sulfide) groups is 1. The number of benzene rings is 1. The molecule has 0 saturated carbocycles. The van der Waals surface area contributed by atoms with Gasteiger partial charge in [0.1, 0.15) is 17.3 Å². The van der Waals surface area contributed by atoms with Gasteiger partial charge in [-0.1, -0.05) is 12.1 Å². The fraction of sp³-hybridized carbons (Fsp3) is 0.333. The molecule has 1 saturated heterocycles. The number of aryl methyl sites for hydroxylation is 1. The Kier molecular flexibility index (Phi) is 3.96. The van der Waals surface area contributed by atoms with Crippen LogP contribution in [0.3, 0.4) is 0 Å². The number of nitrogen functional groups attached to an aromatic ring is 1. The summed E-state index contributed by atoms with van der Waals surface area (Å²) in [6, 6.07) is 6.35. The van der Waals surface area contributed by atoms with Gasteiger partial charge in [0.05, 0.1) is 5.69 Å². The number of aromatic nitrogens is 2. The molecule has 0 radical (unpaired) electrons. The molecule has 110 valence electrons. The van der Waals surface area contributed by atoms with Gasteiger partial charge >= 0.3 is 0 Å². The van der Waals surface area contributed by atoms with E-state index >= 15 is 0 Å². The summed E-state index contributed by atoms with van der Waals surface area (Å²) >= 11 is 1.93. The number of hydrogen-bond donors (Lipinski definition) is 1. The zero-order valence-corrected chi connectivity index (χ0v) is 12.7. The molecule has 3 rings (SSSR count). The summed E-state index contributed by atoms with van der Waals surface area (Å²) in [5.74, 6) is 3.26. The highest BCUT2D eigenvalue weighted by atomic mass is 32.2. The second-order valence-corrected chi connectivity index (χ2v) is 6.19. The van der Waals surface area contributed by atoms with E-state index in [1.807, 2.05) is 24.8 Å². The number of rotatable bonds is 2. The highest BCUT2D eigenvalue weighted by molar-refractivity contribution is 7.99. The van der Waals surface area contributed by atoms with Crippen molar-refractivity contribution in [1.82, 2.24) is 9.97 Å². The van der Waals surface area contributed by atoms with Crippen molar-refractivity contribution < 1.29 is 4.39 Å². The van der Waals surface area contributed by atoms with E-state index in [9.17, 15) is 4.39 Å². The first-order chi connectivity index (χ1) is 10.1. The lowest BCUT2D eigenvalue weighted by Gasteiger charge is -2.29. The molecule has 21 heavy (non-hydrogen) atoms. The van der Waals surface area contributed by atoms with Gasteiger partial charge < -0.3 is 10.6 Å². The maximum absolute atomic E-state index is 13.4. The smallest absolute Gasteiger partial charge is 0.156 e. The minimum absolute atomic E-state index is 0.293. The number of hydrogen-bond acceptors (Lipinski definition) is 5. The van der Waals surface area contributed by atoms with Crippen LogP contribution in [0.2, 0.25) is 0 Å². The first-order valence-corrected chi connectivity index (χ1v) is 8.03. The minimum Gasteiger partial charge on any atom is -0.394 e. The molecule has 1 aliphatic heterocycles. The Hall–Kier alpha value is -1.82. The standard InChI is InChI=1S/C15H17FN4S/c1-10-18-14(11-3-2-4-12(16)9-11)13(17)15(19-10)20-5-7-21-8-6-20/h2-4,9H,5-8,17H2,1H3. The zero-order valence-electron chi connectivity index (χ0n) is 11.8. The molecular formula is C15H17FN4S. The third-order valence-electron chi connectivity index (χ3n) is 3.45. The van der Waals surface area contributed by atoms with Crippen molar-refractivity contribution in [3.8, 4) is 11.3 Å². The molecule has 0 aliphatic carbocycles. The van der Waals surface area contributed by atoms with Gasteiger partial charge in [0.25, 0.3) is 0 Å². The predicted octanol–water partition coefficient (Wildman–Crippen LogP) is 2.73. The van der Waals surface area contributed by atoms with Crippen molar-refractivity contribution in [1.29, 1.82) is 0 Å². The van der Waals surface area contributed by atoms with Crippen molar-refractivity contribution in [2.75, 3.05) is 35.2 Å². The van der Waals surface area contributed by atoms with Crippen LogP contribution in [0, 0.1) is 12.7 Å². The number of halogens is 1. The minimum atomic E-state index is -0.293. The Morgan fingerprint density at radius 3 is 2.71 bits per heavy atom. The second kappa shape index (κ2) is 5.89. The third kappa shape index (κ3) is 2.95. The average Bonchev–Trinajstić information content (AvgIpc) is 2.50. The summed E-state index contributed by atoms with van der Waals surface area (Å²) in [5, 5.41) is 0. The largest absolute Gasteiger partial charge is 0.394 e. The summed E-state index contributed by atoms with van der Waals surface area (Å²) in [5.41, 5.74) is 8.09. The quantitative estimate of drug-likeness (QED) is 0.924. The van der Waals surface area contributed by atoms with Crippen molar-refractivity contribution in [2.45, 2.75) is 6.92 Å². The molecule has 0 amide bonds. The molecule has 2 aromatic rings. The molecule has 6 heteroatoms. The first-order valence-electron chi connectivity index (χ1n) is 6.88. The van der Waals surface area contributed by atoms with E-state index in [2.05, 4.69) is 14.9 Å². The van der Waals surface area contributed by atoms with Crippen molar-refractivity contribution >= 4 is 23.3 Å². The van der Waals surface area contributed by atoms with E-state index in [-0.39, 0.29) is 5.82 Å². The summed E-state index contributed by atoms with van der Waals surface area (Å²) in [6.07, 6.45) is 0. The molecule has 0 bridgehead atoms. The van der Waals surface area contributed by atoms with E-state index in [0.717, 1.165) is 30.4 Å². The van der Waals surface area contributed by atoms with Gasteiger partial charge in [-0.2, -0.15) is 11.8 Å². The Labute approximate surface area is 127 Å². The van der Waals surface area contributed by atoms with Crippen LogP contribution in [0.1, 0.15) is 5.82 Å².